The lowest BCUT2D eigenvalue weighted by atomic mass is 9.99. The first-order chi connectivity index (χ1) is 13.2. The highest BCUT2D eigenvalue weighted by Gasteiger charge is 2.16. The van der Waals surface area contributed by atoms with Crippen molar-refractivity contribution in [3.63, 3.8) is 0 Å². The summed E-state index contributed by atoms with van der Waals surface area (Å²) in [5, 5.41) is 6.69. The van der Waals surface area contributed by atoms with E-state index < -0.39 is 0 Å². The second-order valence-electron chi connectivity index (χ2n) is 6.02. The van der Waals surface area contributed by atoms with E-state index in [1.54, 1.807) is 19.2 Å². The van der Waals surface area contributed by atoms with E-state index >= 15 is 0 Å². The van der Waals surface area contributed by atoms with Gasteiger partial charge in [0.1, 0.15) is 5.75 Å². The van der Waals surface area contributed by atoms with Gasteiger partial charge in [-0.05, 0) is 29.3 Å². The van der Waals surface area contributed by atoms with Crippen LogP contribution >= 0.6 is 11.6 Å². The zero-order chi connectivity index (χ0) is 19.1. The van der Waals surface area contributed by atoms with Crippen LogP contribution < -0.4 is 15.4 Å². The topological polar surface area (TPSA) is 50.4 Å². The van der Waals surface area contributed by atoms with Crippen molar-refractivity contribution >= 4 is 23.2 Å². The van der Waals surface area contributed by atoms with E-state index in [0.29, 0.717) is 10.8 Å². The Bertz CT molecular complexity index is 846. The van der Waals surface area contributed by atoms with Crippen molar-refractivity contribution in [2.24, 2.45) is 0 Å². The smallest absolute Gasteiger partial charge is 0.240 e. The molecular formula is C22H21ClN2O2. The van der Waals surface area contributed by atoms with Gasteiger partial charge in [-0.25, -0.2) is 0 Å². The quantitative estimate of drug-likeness (QED) is 0.626. The first kappa shape index (κ1) is 18.8. The van der Waals surface area contributed by atoms with E-state index in [0.717, 1.165) is 16.8 Å². The molecule has 0 saturated carbocycles. The summed E-state index contributed by atoms with van der Waals surface area (Å²) >= 11 is 6.12. The Morgan fingerprint density at radius 2 is 1.56 bits per heavy atom. The molecule has 5 heteroatoms. The van der Waals surface area contributed by atoms with Crippen molar-refractivity contribution in [1.29, 1.82) is 0 Å². The van der Waals surface area contributed by atoms with Crippen molar-refractivity contribution in [2.45, 2.75) is 6.04 Å². The van der Waals surface area contributed by atoms with Gasteiger partial charge in [-0.1, -0.05) is 72.3 Å². The molecule has 0 unspecified atom stereocenters. The van der Waals surface area contributed by atoms with E-state index in [2.05, 4.69) is 10.6 Å². The van der Waals surface area contributed by atoms with Crippen molar-refractivity contribution in [3.05, 3.63) is 95.0 Å². The molecule has 0 aliphatic carbocycles. The average molecular weight is 381 g/mol. The lowest BCUT2D eigenvalue weighted by molar-refractivity contribution is -0.119. The number of methoxy groups -OCH3 is 1. The molecule has 0 aliphatic heterocycles. The second kappa shape index (κ2) is 9.10. The lowest BCUT2D eigenvalue weighted by Gasteiger charge is -2.20. The second-order valence-corrected chi connectivity index (χ2v) is 6.43. The van der Waals surface area contributed by atoms with Gasteiger partial charge in [0, 0.05) is 5.69 Å². The van der Waals surface area contributed by atoms with Gasteiger partial charge in [0.05, 0.1) is 24.7 Å². The van der Waals surface area contributed by atoms with Crippen LogP contribution in [-0.4, -0.2) is 19.6 Å². The van der Waals surface area contributed by atoms with E-state index in [4.69, 9.17) is 16.3 Å². The molecule has 0 aromatic heterocycles. The van der Waals surface area contributed by atoms with Crippen LogP contribution in [0, 0.1) is 0 Å². The Hall–Kier alpha value is -2.98. The number of carbonyl (C=O) groups is 1. The third-order valence-corrected chi connectivity index (χ3v) is 4.47. The summed E-state index contributed by atoms with van der Waals surface area (Å²) in [6.07, 6.45) is 0. The summed E-state index contributed by atoms with van der Waals surface area (Å²) in [5.41, 5.74) is 2.82. The Kier molecular flexibility index (Phi) is 6.34. The molecule has 2 N–H and O–H groups in total. The Labute approximate surface area is 164 Å². The van der Waals surface area contributed by atoms with Crippen molar-refractivity contribution in [3.8, 4) is 5.75 Å². The molecule has 138 valence electrons. The minimum atomic E-state index is -0.207. The van der Waals surface area contributed by atoms with Gasteiger partial charge < -0.3 is 15.4 Å². The third-order valence-electron chi connectivity index (χ3n) is 4.18. The standard InChI is InChI=1S/C22H21ClN2O2/c1-27-20-13-12-18(14-19(20)23)24-15-21(26)25-22(16-8-4-2-5-9-16)17-10-6-3-7-11-17/h2-14,22,24H,15H2,1H3,(H,25,26). The molecule has 1 amide bonds. The van der Waals surface area contributed by atoms with Gasteiger partial charge in [0.15, 0.2) is 0 Å². The highest BCUT2D eigenvalue weighted by atomic mass is 35.5. The monoisotopic (exact) mass is 380 g/mol. The van der Waals surface area contributed by atoms with Crippen LogP contribution in [0.4, 0.5) is 5.69 Å². The minimum Gasteiger partial charge on any atom is -0.495 e. The lowest BCUT2D eigenvalue weighted by Crippen LogP contribution is -2.33. The number of benzene rings is 3. The maximum absolute atomic E-state index is 12.6. The van der Waals surface area contributed by atoms with Crippen molar-refractivity contribution < 1.29 is 9.53 Å². The number of ether oxygens (including phenoxy) is 1. The van der Waals surface area contributed by atoms with E-state index in [1.807, 2.05) is 66.7 Å². The van der Waals surface area contributed by atoms with Gasteiger partial charge in [0.2, 0.25) is 5.91 Å². The average Bonchev–Trinajstić information content (AvgIpc) is 2.72. The zero-order valence-electron chi connectivity index (χ0n) is 15.0. The van der Waals surface area contributed by atoms with E-state index in [9.17, 15) is 4.79 Å². The Morgan fingerprint density at radius 1 is 0.963 bits per heavy atom. The number of amides is 1. The molecule has 3 rings (SSSR count). The van der Waals surface area contributed by atoms with Gasteiger partial charge in [-0.3, -0.25) is 4.79 Å². The predicted molar refractivity (Wildman–Crippen MR) is 109 cm³/mol. The minimum absolute atomic E-state index is 0.111. The van der Waals surface area contributed by atoms with Gasteiger partial charge in [-0.15, -0.1) is 0 Å². The molecule has 3 aromatic carbocycles. The van der Waals surface area contributed by atoms with E-state index in [-0.39, 0.29) is 18.5 Å². The largest absolute Gasteiger partial charge is 0.495 e. The summed E-state index contributed by atoms with van der Waals surface area (Å²) in [5.74, 6) is 0.486. The van der Waals surface area contributed by atoms with Gasteiger partial charge >= 0.3 is 0 Å². The summed E-state index contributed by atoms with van der Waals surface area (Å²) in [4.78, 5) is 12.6. The normalized spacial score (nSPS) is 10.5. The number of hydrogen-bond acceptors (Lipinski definition) is 3. The Morgan fingerprint density at radius 3 is 2.07 bits per heavy atom. The molecule has 0 bridgehead atoms. The zero-order valence-corrected chi connectivity index (χ0v) is 15.7. The van der Waals surface area contributed by atoms with Gasteiger partial charge in [0.25, 0.3) is 0 Å². The predicted octanol–water partition coefficient (Wildman–Crippen LogP) is 4.67. The van der Waals surface area contributed by atoms with Gasteiger partial charge in [-0.2, -0.15) is 0 Å². The highest BCUT2D eigenvalue weighted by molar-refractivity contribution is 6.32. The molecule has 0 spiro atoms. The molecule has 27 heavy (non-hydrogen) atoms. The fraction of sp³-hybridized carbons (Fsp3) is 0.136. The molecule has 4 nitrogen and oxygen atoms in total. The summed E-state index contributed by atoms with van der Waals surface area (Å²) in [7, 11) is 1.56. The number of nitrogens with one attached hydrogen (secondary N) is 2. The summed E-state index contributed by atoms with van der Waals surface area (Å²) in [6.45, 7) is 0.138. The molecule has 3 aromatic rings. The number of rotatable bonds is 7. The van der Waals surface area contributed by atoms with Crippen molar-refractivity contribution in [1.82, 2.24) is 5.32 Å². The van der Waals surface area contributed by atoms with Crippen molar-refractivity contribution in [2.75, 3.05) is 19.0 Å². The van der Waals surface area contributed by atoms with E-state index in [1.165, 1.54) is 0 Å². The maximum atomic E-state index is 12.6. The number of hydrogen-bond donors (Lipinski definition) is 2. The van der Waals surface area contributed by atoms with Crippen LogP contribution in [0.3, 0.4) is 0 Å². The molecule has 0 heterocycles. The maximum Gasteiger partial charge on any atom is 0.240 e. The fourth-order valence-corrected chi connectivity index (χ4v) is 3.08. The number of halogens is 1. The molecule has 0 atom stereocenters. The van der Waals surface area contributed by atoms with Crippen LogP contribution in [0.1, 0.15) is 17.2 Å². The Balaban J connectivity index is 1.69. The third kappa shape index (κ3) is 5.02. The fourth-order valence-electron chi connectivity index (χ4n) is 2.82. The summed E-state index contributed by atoms with van der Waals surface area (Å²) in [6, 6.07) is 24.9. The first-order valence-corrected chi connectivity index (χ1v) is 9.02. The van der Waals surface area contributed by atoms with Crippen LogP contribution in [0.25, 0.3) is 0 Å². The SMILES string of the molecule is COc1ccc(NCC(=O)NC(c2ccccc2)c2ccccc2)cc1Cl. The molecule has 0 aliphatic rings. The summed E-state index contributed by atoms with van der Waals surface area (Å²) < 4.78 is 5.14. The highest BCUT2D eigenvalue weighted by Crippen LogP contribution is 2.27. The first-order valence-electron chi connectivity index (χ1n) is 8.64. The van der Waals surface area contributed by atoms with Crippen LogP contribution in [0.5, 0.6) is 5.75 Å². The van der Waals surface area contributed by atoms with Crippen LogP contribution in [0.2, 0.25) is 5.02 Å². The molecule has 0 radical (unpaired) electrons. The molecule has 0 saturated heterocycles. The molecule has 0 fully saturated rings. The van der Waals surface area contributed by atoms with Crippen LogP contribution in [-0.2, 0) is 4.79 Å². The van der Waals surface area contributed by atoms with Crippen LogP contribution in [0.15, 0.2) is 78.9 Å². The number of carbonyl (C=O) groups excluding carboxylic acids is 1. The molecular weight excluding hydrogens is 360 g/mol. The number of anilines is 1.